The third kappa shape index (κ3) is 5.13. The van der Waals surface area contributed by atoms with Crippen molar-refractivity contribution in [2.45, 2.75) is 31.1 Å². The van der Waals surface area contributed by atoms with Crippen LogP contribution in [0.4, 0.5) is 5.69 Å². The van der Waals surface area contributed by atoms with E-state index in [1.807, 2.05) is 24.3 Å². The minimum absolute atomic E-state index is 0.183. The van der Waals surface area contributed by atoms with Gasteiger partial charge in [0, 0.05) is 11.1 Å². The van der Waals surface area contributed by atoms with Crippen LogP contribution in [0.2, 0.25) is 0 Å². The average molecular weight is 413 g/mol. The summed E-state index contributed by atoms with van der Waals surface area (Å²) in [6.07, 6.45) is 1.05. The molecule has 29 heavy (non-hydrogen) atoms. The van der Waals surface area contributed by atoms with E-state index in [1.54, 1.807) is 24.3 Å². The van der Waals surface area contributed by atoms with Gasteiger partial charge in [0.2, 0.25) is 0 Å². The number of ether oxygens (including phenoxy) is 1. The molecule has 152 valence electrons. The molecule has 3 rings (SSSR count). The van der Waals surface area contributed by atoms with Gasteiger partial charge < -0.3 is 10.1 Å². The van der Waals surface area contributed by atoms with Crippen molar-refractivity contribution in [2.75, 3.05) is 11.9 Å². The molecule has 2 N–H and O–H groups in total. The molecule has 7 heteroatoms. The molecule has 1 atom stereocenters. The number of anilines is 1. The van der Waals surface area contributed by atoms with Gasteiger partial charge >= 0.3 is 0 Å². The fourth-order valence-electron chi connectivity index (χ4n) is 2.98. The lowest BCUT2D eigenvalue weighted by Gasteiger charge is -2.12. The van der Waals surface area contributed by atoms with Crippen molar-refractivity contribution in [3.63, 3.8) is 0 Å². The molecular weight excluding hydrogens is 390 g/mol. The summed E-state index contributed by atoms with van der Waals surface area (Å²) in [6.45, 7) is 4.10. The van der Waals surface area contributed by atoms with Crippen LogP contribution in [-0.2, 0) is 14.9 Å². The molecule has 3 aromatic rings. The molecule has 0 heterocycles. The number of hydrogen-bond acceptors (Lipinski definition) is 4. The maximum absolute atomic E-state index is 12.3. The Kier molecular flexibility index (Phi) is 6.20. The number of fused-ring (bicyclic) bond motifs is 1. The number of nitrogens with one attached hydrogen (secondary N) is 1. The number of carbonyl (C=O) groups is 1. The van der Waals surface area contributed by atoms with E-state index in [9.17, 15) is 17.8 Å². The Labute approximate surface area is 170 Å². The fraction of sp³-hybridized carbons (Fsp3) is 0.227. The maximum Gasteiger partial charge on any atom is 0.294 e. The molecule has 0 aromatic heterocycles. The normalized spacial score (nSPS) is 12.5. The van der Waals surface area contributed by atoms with Crippen LogP contribution >= 0.6 is 0 Å². The lowest BCUT2D eigenvalue weighted by atomic mass is 9.99. The SMILES string of the molecule is CCC(C)c1ccc(OCC(=O)Nc2cccc3ccc(S(=O)(=O)O)cc23)cc1. The van der Waals surface area contributed by atoms with Crippen LogP contribution in [0.5, 0.6) is 5.75 Å². The van der Waals surface area contributed by atoms with Crippen LogP contribution in [0.3, 0.4) is 0 Å². The molecule has 1 amide bonds. The minimum atomic E-state index is -4.33. The van der Waals surface area contributed by atoms with Gasteiger partial charge in [-0.2, -0.15) is 8.42 Å². The molecule has 6 nitrogen and oxygen atoms in total. The van der Waals surface area contributed by atoms with Crippen molar-refractivity contribution in [1.82, 2.24) is 0 Å². The molecule has 1 unspecified atom stereocenters. The summed E-state index contributed by atoms with van der Waals surface area (Å²) in [5, 5.41) is 3.97. The molecule has 0 saturated carbocycles. The van der Waals surface area contributed by atoms with Gasteiger partial charge in [0.15, 0.2) is 6.61 Å². The van der Waals surface area contributed by atoms with E-state index in [0.29, 0.717) is 22.7 Å². The fourth-order valence-corrected chi connectivity index (χ4v) is 3.49. The van der Waals surface area contributed by atoms with Crippen molar-refractivity contribution < 1.29 is 22.5 Å². The zero-order chi connectivity index (χ0) is 21.0. The second-order valence-electron chi connectivity index (χ2n) is 6.88. The third-order valence-corrected chi connectivity index (χ3v) is 5.71. The van der Waals surface area contributed by atoms with E-state index < -0.39 is 10.1 Å². The van der Waals surface area contributed by atoms with Gasteiger partial charge in [-0.3, -0.25) is 9.35 Å². The Hall–Kier alpha value is -2.90. The number of carbonyl (C=O) groups excluding carboxylic acids is 1. The van der Waals surface area contributed by atoms with Crippen molar-refractivity contribution in [3.8, 4) is 5.75 Å². The zero-order valence-corrected chi connectivity index (χ0v) is 17.1. The highest BCUT2D eigenvalue weighted by atomic mass is 32.2. The van der Waals surface area contributed by atoms with Crippen LogP contribution in [0, 0.1) is 0 Å². The monoisotopic (exact) mass is 413 g/mol. The Bertz CT molecular complexity index is 1120. The van der Waals surface area contributed by atoms with Gasteiger partial charge in [-0.15, -0.1) is 0 Å². The van der Waals surface area contributed by atoms with Gasteiger partial charge in [-0.05, 0) is 53.6 Å². The lowest BCUT2D eigenvalue weighted by Crippen LogP contribution is -2.20. The summed E-state index contributed by atoms with van der Waals surface area (Å²) in [5.41, 5.74) is 1.66. The van der Waals surface area contributed by atoms with Crippen LogP contribution < -0.4 is 10.1 Å². The quantitative estimate of drug-likeness (QED) is 0.552. The first kappa shape index (κ1) is 20.8. The number of rotatable bonds is 7. The van der Waals surface area contributed by atoms with Crippen LogP contribution in [0.25, 0.3) is 10.8 Å². The largest absolute Gasteiger partial charge is 0.484 e. The summed E-state index contributed by atoms with van der Waals surface area (Å²) in [5.74, 6) is 0.686. The number of benzene rings is 3. The van der Waals surface area contributed by atoms with E-state index >= 15 is 0 Å². The van der Waals surface area contributed by atoms with Gasteiger partial charge in [0.1, 0.15) is 5.75 Å². The van der Waals surface area contributed by atoms with Crippen molar-refractivity contribution in [2.24, 2.45) is 0 Å². The van der Waals surface area contributed by atoms with Crippen LogP contribution in [-0.4, -0.2) is 25.5 Å². The maximum atomic E-state index is 12.3. The third-order valence-electron chi connectivity index (χ3n) is 4.86. The molecule has 0 fully saturated rings. The summed E-state index contributed by atoms with van der Waals surface area (Å²) >= 11 is 0. The zero-order valence-electron chi connectivity index (χ0n) is 16.3. The molecular formula is C22H23NO5S. The molecule has 0 radical (unpaired) electrons. The smallest absolute Gasteiger partial charge is 0.294 e. The summed E-state index contributed by atoms with van der Waals surface area (Å²) in [4.78, 5) is 12.1. The molecule has 0 aliphatic rings. The molecule has 0 bridgehead atoms. The number of hydrogen-bond donors (Lipinski definition) is 2. The first-order chi connectivity index (χ1) is 13.8. The number of amides is 1. The van der Waals surface area contributed by atoms with Crippen molar-refractivity contribution >= 4 is 32.5 Å². The summed E-state index contributed by atoms with van der Waals surface area (Å²) in [7, 11) is -4.33. The predicted octanol–water partition coefficient (Wildman–Crippen LogP) is 4.62. The first-order valence-corrected chi connectivity index (χ1v) is 10.7. The average Bonchev–Trinajstić information content (AvgIpc) is 2.71. The second kappa shape index (κ2) is 8.63. The summed E-state index contributed by atoms with van der Waals surface area (Å²) in [6, 6.07) is 17.1. The van der Waals surface area contributed by atoms with Gasteiger partial charge in [-0.25, -0.2) is 0 Å². The molecule has 0 spiro atoms. The molecule has 0 saturated heterocycles. The Balaban J connectivity index is 1.71. The van der Waals surface area contributed by atoms with E-state index in [-0.39, 0.29) is 17.4 Å². The van der Waals surface area contributed by atoms with Gasteiger partial charge in [0.05, 0.1) is 4.90 Å². The Morgan fingerprint density at radius 3 is 2.48 bits per heavy atom. The highest BCUT2D eigenvalue weighted by Crippen LogP contribution is 2.26. The molecule has 3 aromatic carbocycles. The second-order valence-corrected chi connectivity index (χ2v) is 8.30. The minimum Gasteiger partial charge on any atom is -0.484 e. The van der Waals surface area contributed by atoms with Crippen LogP contribution in [0.15, 0.2) is 65.6 Å². The van der Waals surface area contributed by atoms with Crippen LogP contribution in [0.1, 0.15) is 31.7 Å². The van der Waals surface area contributed by atoms with E-state index in [2.05, 4.69) is 19.2 Å². The molecule has 0 aliphatic heterocycles. The summed E-state index contributed by atoms with van der Waals surface area (Å²) < 4.78 is 37.6. The standard InChI is InChI=1S/C22H23NO5S/c1-3-15(2)16-7-10-18(11-8-16)28-14-22(24)23-21-6-4-5-17-9-12-19(13-20(17)21)29(25,26)27/h4-13,15H,3,14H2,1-2H3,(H,23,24)(H,25,26,27). The van der Waals surface area contributed by atoms with Crippen molar-refractivity contribution in [1.29, 1.82) is 0 Å². The predicted molar refractivity (Wildman–Crippen MR) is 113 cm³/mol. The van der Waals surface area contributed by atoms with Crippen molar-refractivity contribution in [3.05, 3.63) is 66.2 Å². The Morgan fingerprint density at radius 1 is 1.10 bits per heavy atom. The highest BCUT2D eigenvalue weighted by molar-refractivity contribution is 7.85. The van der Waals surface area contributed by atoms with Gasteiger partial charge in [-0.1, -0.05) is 44.2 Å². The highest BCUT2D eigenvalue weighted by Gasteiger charge is 2.13. The van der Waals surface area contributed by atoms with E-state index in [0.717, 1.165) is 11.8 Å². The van der Waals surface area contributed by atoms with Gasteiger partial charge in [0.25, 0.3) is 16.0 Å². The first-order valence-electron chi connectivity index (χ1n) is 9.31. The lowest BCUT2D eigenvalue weighted by molar-refractivity contribution is -0.118. The Morgan fingerprint density at radius 2 is 1.83 bits per heavy atom. The molecule has 0 aliphatic carbocycles. The van der Waals surface area contributed by atoms with E-state index in [1.165, 1.54) is 17.7 Å². The topological polar surface area (TPSA) is 92.7 Å². The van der Waals surface area contributed by atoms with E-state index in [4.69, 9.17) is 4.74 Å².